The summed E-state index contributed by atoms with van der Waals surface area (Å²) in [6.07, 6.45) is 7.26. The quantitative estimate of drug-likeness (QED) is 0.698. The molecule has 70 valence electrons. The van der Waals surface area contributed by atoms with Crippen molar-refractivity contribution in [2.45, 2.75) is 50.7 Å². The second-order valence-electron chi connectivity index (χ2n) is 4.13. The Bertz CT molecular complexity index is 137. The summed E-state index contributed by atoms with van der Waals surface area (Å²) in [7, 11) is 0. The number of aliphatic hydroxyl groups is 1. The summed E-state index contributed by atoms with van der Waals surface area (Å²) < 4.78 is 5.57. The van der Waals surface area contributed by atoms with Gasteiger partial charge in [-0.2, -0.15) is 0 Å². The van der Waals surface area contributed by atoms with Crippen LogP contribution in [-0.2, 0) is 4.74 Å². The molecule has 1 N–H and O–H groups in total. The van der Waals surface area contributed by atoms with E-state index in [1.807, 2.05) is 0 Å². The van der Waals surface area contributed by atoms with E-state index in [1.165, 1.54) is 25.7 Å². The monoisotopic (exact) mass is 170 g/mol. The molecule has 2 nitrogen and oxygen atoms in total. The molecule has 1 aliphatic heterocycles. The fraction of sp³-hybridized carbons (Fsp3) is 1.00. The van der Waals surface area contributed by atoms with E-state index in [2.05, 4.69) is 0 Å². The molecule has 1 saturated heterocycles. The second-order valence-corrected chi connectivity index (χ2v) is 4.13. The van der Waals surface area contributed by atoms with Crippen molar-refractivity contribution in [3.05, 3.63) is 0 Å². The average molecular weight is 170 g/mol. The minimum atomic E-state index is -0.0758. The van der Waals surface area contributed by atoms with Gasteiger partial charge in [-0.1, -0.05) is 0 Å². The Morgan fingerprint density at radius 1 is 1.25 bits per heavy atom. The molecule has 0 aromatic carbocycles. The van der Waals surface area contributed by atoms with Gasteiger partial charge in [-0.05, 0) is 44.4 Å². The van der Waals surface area contributed by atoms with Crippen LogP contribution >= 0.6 is 0 Å². The van der Waals surface area contributed by atoms with Crippen LogP contribution in [0.3, 0.4) is 0 Å². The van der Waals surface area contributed by atoms with Crippen molar-refractivity contribution in [1.82, 2.24) is 0 Å². The van der Waals surface area contributed by atoms with Crippen LogP contribution in [0.25, 0.3) is 0 Å². The highest BCUT2D eigenvalue weighted by atomic mass is 16.5. The van der Waals surface area contributed by atoms with E-state index in [1.54, 1.807) is 0 Å². The van der Waals surface area contributed by atoms with Gasteiger partial charge in [0.05, 0.1) is 12.2 Å². The molecule has 2 aliphatic rings. The molecule has 0 spiro atoms. The van der Waals surface area contributed by atoms with Crippen molar-refractivity contribution in [2.75, 3.05) is 6.61 Å². The SMILES string of the molecule is OC(CC1CCCCO1)C1CC1. The van der Waals surface area contributed by atoms with Gasteiger partial charge in [0.1, 0.15) is 0 Å². The highest BCUT2D eigenvalue weighted by Crippen LogP contribution is 2.35. The van der Waals surface area contributed by atoms with Crippen molar-refractivity contribution < 1.29 is 9.84 Å². The van der Waals surface area contributed by atoms with E-state index < -0.39 is 0 Å². The fourth-order valence-electron chi connectivity index (χ4n) is 1.94. The smallest absolute Gasteiger partial charge is 0.0599 e. The highest BCUT2D eigenvalue weighted by molar-refractivity contribution is 4.83. The predicted octanol–water partition coefficient (Wildman–Crippen LogP) is 1.72. The molecule has 0 aromatic rings. The van der Waals surface area contributed by atoms with E-state index in [0.29, 0.717) is 12.0 Å². The molecule has 2 fully saturated rings. The normalized spacial score (nSPS) is 33.2. The van der Waals surface area contributed by atoms with Gasteiger partial charge >= 0.3 is 0 Å². The first-order chi connectivity index (χ1) is 5.86. The van der Waals surface area contributed by atoms with Crippen LogP contribution in [0.1, 0.15) is 38.5 Å². The highest BCUT2D eigenvalue weighted by Gasteiger charge is 2.31. The van der Waals surface area contributed by atoms with Crippen LogP contribution in [0.5, 0.6) is 0 Å². The van der Waals surface area contributed by atoms with Crippen molar-refractivity contribution in [1.29, 1.82) is 0 Å². The fourth-order valence-corrected chi connectivity index (χ4v) is 1.94. The van der Waals surface area contributed by atoms with E-state index in [-0.39, 0.29) is 6.10 Å². The van der Waals surface area contributed by atoms with Gasteiger partial charge in [0.15, 0.2) is 0 Å². The standard InChI is InChI=1S/C10H18O2/c11-10(8-4-5-8)7-9-3-1-2-6-12-9/h8-11H,1-7H2. The Labute approximate surface area is 73.9 Å². The summed E-state index contributed by atoms with van der Waals surface area (Å²) in [5.74, 6) is 0.607. The lowest BCUT2D eigenvalue weighted by Gasteiger charge is -2.24. The van der Waals surface area contributed by atoms with Crippen molar-refractivity contribution >= 4 is 0 Å². The lowest BCUT2D eigenvalue weighted by Crippen LogP contribution is -2.25. The maximum absolute atomic E-state index is 9.66. The predicted molar refractivity (Wildman–Crippen MR) is 46.9 cm³/mol. The summed E-state index contributed by atoms with van der Waals surface area (Å²) in [5, 5.41) is 9.66. The topological polar surface area (TPSA) is 29.5 Å². The maximum atomic E-state index is 9.66. The molecular weight excluding hydrogens is 152 g/mol. The van der Waals surface area contributed by atoms with Gasteiger partial charge in [-0.25, -0.2) is 0 Å². The van der Waals surface area contributed by atoms with E-state index in [4.69, 9.17) is 4.74 Å². The first-order valence-electron chi connectivity index (χ1n) is 5.16. The Morgan fingerprint density at radius 2 is 2.08 bits per heavy atom. The zero-order valence-electron chi connectivity index (χ0n) is 7.54. The van der Waals surface area contributed by atoms with Crippen LogP contribution < -0.4 is 0 Å². The third kappa shape index (κ3) is 2.20. The summed E-state index contributed by atoms with van der Waals surface area (Å²) >= 11 is 0. The summed E-state index contributed by atoms with van der Waals surface area (Å²) in [4.78, 5) is 0. The number of hydrogen-bond acceptors (Lipinski definition) is 2. The molecule has 1 heterocycles. The van der Waals surface area contributed by atoms with Gasteiger partial charge < -0.3 is 9.84 Å². The number of rotatable bonds is 3. The minimum absolute atomic E-state index is 0.0758. The van der Waals surface area contributed by atoms with Gasteiger partial charge in [-0.15, -0.1) is 0 Å². The van der Waals surface area contributed by atoms with Crippen LogP contribution in [-0.4, -0.2) is 23.9 Å². The Hall–Kier alpha value is -0.0800. The number of aliphatic hydroxyl groups excluding tert-OH is 1. The van der Waals surface area contributed by atoms with Crippen LogP contribution in [0, 0.1) is 5.92 Å². The Balaban J connectivity index is 1.69. The van der Waals surface area contributed by atoms with E-state index in [9.17, 15) is 5.11 Å². The van der Waals surface area contributed by atoms with Gasteiger partial charge in [0, 0.05) is 6.61 Å². The van der Waals surface area contributed by atoms with Gasteiger partial charge in [0.2, 0.25) is 0 Å². The van der Waals surface area contributed by atoms with Crippen LogP contribution in [0.15, 0.2) is 0 Å². The first-order valence-corrected chi connectivity index (χ1v) is 5.16. The van der Waals surface area contributed by atoms with Gasteiger partial charge in [-0.3, -0.25) is 0 Å². The molecule has 12 heavy (non-hydrogen) atoms. The Morgan fingerprint density at radius 3 is 2.67 bits per heavy atom. The zero-order valence-corrected chi connectivity index (χ0v) is 7.54. The molecule has 2 unspecified atom stereocenters. The first kappa shape index (κ1) is 8.52. The summed E-state index contributed by atoms with van der Waals surface area (Å²) in [6, 6.07) is 0. The van der Waals surface area contributed by atoms with Crippen molar-refractivity contribution in [3.63, 3.8) is 0 Å². The second kappa shape index (κ2) is 3.75. The Kier molecular flexibility index (Phi) is 2.66. The van der Waals surface area contributed by atoms with Crippen molar-refractivity contribution in [3.8, 4) is 0 Å². The molecule has 1 saturated carbocycles. The number of ether oxygens (including phenoxy) is 1. The van der Waals surface area contributed by atoms with Crippen molar-refractivity contribution in [2.24, 2.45) is 5.92 Å². The largest absolute Gasteiger partial charge is 0.393 e. The number of hydrogen-bond donors (Lipinski definition) is 1. The average Bonchev–Trinajstić information content (AvgIpc) is 2.88. The van der Waals surface area contributed by atoms with Gasteiger partial charge in [0.25, 0.3) is 0 Å². The molecule has 2 atom stereocenters. The summed E-state index contributed by atoms with van der Waals surface area (Å²) in [6.45, 7) is 0.905. The molecule has 2 heteroatoms. The molecule has 0 aromatic heterocycles. The molecule has 1 aliphatic carbocycles. The minimum Gasteiger partial charge on any atom is -0.393 e. The molecule has 2 rings (SSSR count). The van der Waals surface area contributed by atoms with Crippen LogP contribution in [0.2, 0.25) is 0 Å². The molecule has 0 radical (unpaired) electrons. The molecule has 0 bridgehead atoms. The zero-order chi connectivity index (χ0) is 8.39. The third-order valence-electron chi connectivity index (χ3n) is 2.94. The van der Waals surface area contributed by atoms with E-state index >= 15 is 0 Å². The molecular formula is C10H18O2. The third-order valence-corrected chi connectivity index (χ3v) is 2.94. The maximum Gasteiger partial charge on any atom is 0.0599 e. The lowest BCUT2D eigenvalue weighted by molar-refractivity contribution is -0.0190. The van der Waals surface area contributed by atoms with E-state index in [0.717, 1.165) is 19.4 Å². The summed E-state index contributed by atoms with van der Waals surface area (Å²) in [5.41, 5.74) is 0. The molecule has 0 amide bonds. The lowest BCUT2D eigenvalue weighted by atomic mass is 10.0. The van der Waals surface area contributed by atoms with Crippen LogP contribution in [0.4, 0.5) is 0 Å².